The highest BCUT2D eigenvalue weighted by molar-refractivity contribution is 5.87. The predicted octanol–water partition coefficient (Wildman–Crippen LogP) is 4.76. The molecule has 2 rings (SSSR count). The Balaban J connectivity index is 2.31. The molecule has 0 radical (unpaired) electrons. The van der Waals surface area contributed by atoms with Gasteiger partial charge in [-0.05, 0) is 36.1 Å². The second-order valence-corrected chi connectivity index (χ2v) is 7.09. The largest absolute Gasteiger partial charge is 0.491 e. The van der Waals surface area contributed by atoms with Gasteiger partial charge in [0.2, 0.25) is 0 Å². The Labute approximate surface area is 128 Å². The summed E-state index contributed by atoms with van der Waals surface area (Å²) in [6, 6.07) is 12.7. The van der Waals surface area contributed by atoms with Crippen molar-refractivity contribution in [3.63, 3.8) is 0 Å². The van der Waals surface area contributed by atoms with E-state index in [-0.39, 0.29) is 11.5 Å². The first-order chi connectivity index (χ1) is 9.87. The molecule has 0 bridgehead atoms. The Morgan fingerprint density at radius 2 is 1.76 bits per heavy atom. The van der Waals surface area contributed by atoms with Crippen LogP contribution >= 0.6 is 0 Å². The summed E-state index contributed by atoms with van der Waals surface area (Å²) in [5.74, 6) is 0.991. The molecule has 2 aromatic rings. The van der Waals surface area contributed by atoms with Crippen molar-refractivity contribution in [3.05, 3.63) is 42.0 Å². The van der Waals surface area contributed by atoms with Crippen molar-refractivity contribution in [1.82, 2.24) is 5.32 Å². The van der Waals surface area contributed by atoms with Gasteiger partial charge >= 0.3 is 0 Å². The van der Waals surface area contributed by atoms with Gasteiger partial charge in [0.15, 0.2) is 0 Å². The molecule has 2 heteroatoms. The molecule has 0 amide bonds. The molecule has 114 valence electrons. The monoisotopic (exact) mass is 285 g/mol. The Bertz CT molecular complexity index is 596. The molecule has 2 nitrogen and oxygen atoms in total. The van der Waals surface area contributed by atoms with Crippen molar-refractivity contribution in [2.45, 2.75) is 47.3 Å². The molecule has 0 spiro atoms. The second-order valence-electron chi connectivity index (χ2n) is 7.09. The van der Waals surface area contributed by atoms with Crippen molar-refractivity contribution < 1.29 is 4.74 Å². The molecule has 0 heterocycles. The van der Waals surface area contributed by atoms with Crippen LogP contribution < -0.4 is 10.1 Å². The van der Waals surface area contributed by atoms with Crippen LogP contribution in [-0.2, 0) is 6.54 Å². The summed E-state index contributed by atoms with van der Waals surface area (Å²) in [6.45, 7) is 12.7. The van der Waals surface area contributed by atoms with Crippen LogP contribution in [0.15, 0.2) is 36.4 Å². The molecule has 0 atom stereocenters. The van der Waals surface area contributed by atoms with Gasteiger partial charge in [0.1, 0.15) is 5.75 Å². The Kier molecular flexibility index (Phi) is 4.89. The van der Waals surface area contributed by atoms with Crippen LogP contribution in [-0.4, -0.2) is 12.6 Å². The molecule has 21 heavy (non-hydrogen) atoms. The molecule has 0 aliphatic carbocycles. The summed E-state index contributed by atoms with van der Waals surface area (Å²) in [4.78, 5) is 0. The van der Waals surface area contributed by atoms with E-state index in [1.807, 2.05) is 0 Å². The van der Waals surface area contributed by atoms with Crippen molar-refractivity contribution in [2.75, 3.05) is 6.54 Å². The number of ether oxygens (including phenoxy) is 1. The molecule has 0 aliphatic rings. The summed E-state index contributed by atoms with van der Waals surface area (Å²) >= 11 is 0. The van der Waals surface area contributed by atoms with Gasteiger partial charge in [-0.25, -0.2) is 0 Å². The van der Waals surface area contributed by atoms with E-state index in [9.17, 15) is 0 Å². The van der Waals surface area contributed by atoms with Gasteiger partial charge in [0.05, 0.1) is 6.10 Å². The molecule has 0 saturated carbocycles. The van der Waals surface area contributed by atoms with Crippen molar-refractivity contribution >= 4 is 10.8 Å². The van der Waals surface area contributed by atoms with Gasteiger partial charge in [-0.2, -0.15) is 0 Å². The SMILES string of the molecule is CC(C)Oc1ccc2ccccc2c1CNCC(C)(C)C. The first kappa shape index (κ1) is 15.8. The van der Waals surface area contributed by atoms with E-state index in [1.165, 1.54) is 16.3 Å². The fourth-order valence-electron chi connectivity index (χ4n) is 2.43. The second kappa shape index (κ2) is 6.48. The summed E-state index contributed by atoms with van der Waals surface area (Å²) in [6.07, 6.45) is 0.188. The smallest absolute Gasteiger partial charge is 0.124 e. The fourth-order valence-corrected chi connectivity index (χ4v) is 2.43. The lowest BCUT2D eigenvalue weighted by Gasteiger charge is -2.21. The number of hydrogen-bond acceptors (Lipinski definition) is 2. The summed E-state index contributed by atoms with van der Waals surface area (Å²) in [5.41, 5.74) is 1.54. The van der Waals surface area contributed by atoms with E-state index in [1.54, 1.807) is 0 Å². The molecule has 0 saturated heterocycles. The van der Waals surface area contributed by atoms with E-state index in [0.29, 0.717) is 0 Å². The first-order valence-corrected chi connectivity index (χ1v) is 7.75. The van der Waals surface area contributed by atoms with Crippen LogP contribution in [0.2, 0.25) is 0 Å². The van der Waals surface area contributed by atoms with Gasteiger partial charge in [-0.1, -0.05) is 51.1 Å². The molecule has 2 aromatic carbocycles. The minimum absolute atomic E-state index is 0.188. The average molecular weight is 285 g/mol. The minimum Gasteiger partial charge on any atom is -0.491 e. The number of nitrogens with one attached hydrogen (secondary N) is 1. The molecule has 1 N–H and O–H groups in total. The lowest BCUT2D eigenvalue weighted by atomic mass is 9.96. The highest BCUT2D eigenvalue weighted by Crippen LogP contribution is 2.29. The van der Waals surface area contributed by atoms with Gasteiger partial charge in [-0.3, -0.25) is 0 Å². The van der Waals surface area contributed by atoms with Crippen LogP contribution in [0.3, 0.4) is 0 Å². The van der Waals surface area contributed by atoms with Crippen molar-refractivity contribution in [1.29, 1.82) is 0 Å². The zero-order valence-electron chi connectivity index (χ0n) is 13.9. The van der Waals surface area contributed by atoms with E-state index in [2.05, 4.69) is 76.3 Å². The third kappa shape index (κ3) is 4.47. The van der Waals surface area contributed by atoms with E-state index in [0.717, 1.165) is 18.8 Å². The lowest BCUT2D eigenvalue weighted by Crippen LogP contribution is -2.26. The maximum absolute atomic E-state index is 6.00. The summed E-state index contributed by atoms with van der Waals surface area (Å²) < 4.78 is 6.00. The molecule has 0 fully saturated rings. The van der Waals surface area contributed by atoms with Gasteiger partial charge in [-0.15, -0.1) is 0 Å². The van der Waals surface area contributed by atoms with E-state index in [4.69, 9.17) is 4.74 Å². The number of rotatable bonds is 5. The first-order valence-electron chi connectivity index (χ1n) is 7.75. The molecule has 0 aromatic heterocycles. The highest BCUT2D eigenvalue weighted by Gasteiger charge is 2.13. The van der Waals surface area contributed by atoms with Gasteiger partial charge in [0, 0.05) is 18.7 Å². The molecule has 0 aliphatic heterocycles. The third-order valence-electron chi connectivity index (χ3n) is 3.32. The fraction of sp³-hybridized carbons (Fsp3) is 0.474. The topological polar surface area (TPSA) is 21.3 Å². The Hall–Kier alpha value is -1.54. The Morgan fingerprint density at radius 1 is 1.05 bits per heavy atom. The predicted molar refractivity (Wildman–Crippen MR) is 90.9 cm³/mol. The number of hydrogen-bond donors (Lipinski definition) is 1. The summed E-state index contributed by atoms with van der Waals surface area (Å²) in [5, 5.41) is 6.11. The van der Waals surface area contributed by atoms with Gasteiger partial charge in [0.25, 0.3) is 0 Å². The minimum atomic E-state index is 0.188. The molecular formula is C19H27NO. The Morgan fingerprint density at radius 3 is 2.43 bits per heavy atom. The zero-order chi connectivity index (χ0) is 15.5. The van der Waals surface area contributed by atoms with E-state index >= 15 is 0 Å². The van der Waals surface area contributed by atoms with Crippen LogP contribution in [0.1, 0.15) is 40.2 Å². The maximum Gasteiger partial charge on any atom is 0.124 e. The third-order valence-corrected chi connectivity index (χ3v) is 3.32. The molecular weight excluding hydrogens is 258 g/mol. The highest BCUT2D eigenvalue weighted by atomic mass is 16.5. The van der Waals surface area contributed by atoms with Crippen molar-refractivity contribution in [2.24, 2.45) is 5.41 Å². The lowest BCUT2D eigenvalue weighted by molar-refractivity contribution is 0.239. The maximum atomic E-state index is 6.00. The number of benzene rings is 2. The quantitative estimate of drug-likeness (QED) is 0.855. The van der Waals surface area contributed by atoms with E-state index < -0.39 is 0 Å². The van der Waals surface area contributed by atoms with Crippen LogP contribution in [0.25, 0.3) is 10.8 Å². The standard InChI is InChI=1S/C19H27NO/c1-14(2)21-18-11-10-15-8-6-7-9-16(15)17(18)12-20-13-19(3,4)5/h6-11,14,20H,12-13H2,1-5H3. The number of fused-ring (bicyclic) bond motifs is 1. The normalized spacial score (nSPS) is 12.1. The van der Waals surface area contributed by atoms with Crippen molar-refractivity contribution in [3.8, 4) is 5.75 Å². The molecule has 0 unspecified atom stereocenters. The summed E-state index contributed by atoms with van der Waals surface area (Å²) in [7, 11) is 0. The zero-order valence-corrected chi connectivity index (χ0v) is 13.9. The average Bonchev–Trinajstić information content (AvgIpc) is 2.39. The van der Waals surface area contributed by atoms with Crippen LogP contribution in [0.4, 0.5) is 0 Å². The van der Waals surface area contributed by atoms with Crippen LogP contribution in [0, 0.1) is 5.41 Å². The van der Waals surface area contributed by atoms with Crippen LogP contribution in [0.5, 0.6) is 5.75 Å². The van der Waals surface area contributed by atoms with Gasteiger partial charge < -0.3 is 10.1 Å².